The smallest absolute Gasteiger partial charge is 0.260 e. The summed E-state index contributed by atoms with van der Waals surface area (Å²) in [6, 6.07) is 11.0. The van der Waals surface area contributed by atoms with Crippen molar-refractivity contribution in [3.05, 3.63) is 53.8 Å². The number of nitrogens with two attached hydrogens (primary N) is 1. The van der Waals surface area contributed by atoms with Crippen LogP contribution in [-0.4, -0.2) is 20.1 Å². The first-order valence-corrected chi connectivity index (χ1v) is 6.00. The second-order valence-corrected chi connectivity index (χ2v) is 4.30. The Labute approximate surface area is 116 Å². The molecule has 0 saturated heterocycles. The second-order valence-electron chi connectivity index (χ2n) is 4.30. The van der Waals surface area contributed by atoms with E-state index in [4.69, 9.17) is 10.5 Å². The van der Waals surface area contributed by atoms with Crippen molar-refractivity contribution < 1.29 is 13.9 Å². The third-order valence-corrected chi connectivity index (χ3v) is 2.97. The molecule has 0 fully saturated rings. The van der Waals surface area contributed by atoms with Gasteiger partial charge in [-0.3, -0.25) is 4.79 Å². The molecule has 2 N–H and O–H groups in total. The number of hydrogen-bond acceptors (Lipinski definition) is 3. The topological polar surface area (TPSA) is 55.6 Å². The quantitative estimate of drug-likeness (QED) is 0.875. The van der Waals surface area contributed by atoms with Gasteiger partial charge in [-0.2, -0.15) is 0 Å². The van der Waals surface area contributed by atoms with Gasteiger partial charge in [0.05, 0.1) is 12.7 Å². The van der Waals surface area contributed by atoms with Crippen molar-refractivity contribution in [2.24, 2.45) is 0 Å². The molecule has 0 aliphatic heterocycles. The number of rotatable bonds is 3. The van der Waals surface area contributed by atoms with E-state index < -0.39 is 11.7 Å². The van der Waals surface area contributed by atoms with E-state index >= 15 is 0 Å². The van der Waals surface area contributed by atoms with Crippen LogP contribution in [0.3, 0.4) is 0 Å². The van der Waals surface area contributed by atoms with Crippen molar-refractivity contribution in [3.63, 3.8) is 0 Å². The Morgan fingerprint density at radius 2 is 2.00 bits per heavy atom. The summed E-state index contributed by atoms with van der Waals surface area (Å²) in [5, 5.41) is 0. The zero-order chi connectivity index (χ0) is 14.7. The monoisotopic (exact) mass is 274 g/mol. The molecule has 2 rings (SSSR count). The number of methoxy groups -OCH3 is 1. The van der Waals surface area contributed by atoms with Crippen LogP contribution in [0.1, 0.15) is 10.4 Å². The fourth-order valence-corrected chi connectivity index (χ4v) is 1.82. The van der Waals surface area contributed by atoms with Crippen LogP contribution >= 0.6 is 0 Å². The molecule has 4 nitrogen and oxygen atoms in total. The Balaban J connectivity index is 2.32. The first-order valence-electron chi connectivity index (χ1n) is 6.00. The Hall–Kier alpha value is -2.56. The van der Waals surface area contributed by atoms with Gasteiger partial charge in [0.2, 0.25) is 0 Å². The van der Waals surface area contributed by atoms with E-state index in [1.165, 1.54) is 17.0 Å². The molecule has 0 aliphatic rings. The van der Waals surface area contributed by atoms with Crippen LogP contribution in [0.4, 0.5) is 15.8 Å². The van der Waals surface area contributed by atoms with E-state index in [9.17, 15) is 9.18 Å². The van der Waals surface area contributed by atoms with Crippen LogP contribution in [0, 0.1) is 5.82 Å². The minimum Gasteiger partial charge on any atom is -0.497 e. The molecule has 0 unspecified atom stereocenters. The summed E-state index contributed by atoms with van der Waals surface area (Å²) >= 11 is 0. The van der Waals surface area contributed by atoms with E-state index in [1.54, 1.807) is 38.4 Å². The van der Waals surface area contributed by atoms with Gasteiger partial charge in [-0.25, -0.2) is 4.39 Å². The number of benzene rings is 2. The van der Waals surface area contributed by atoms with Crippen molar-refractivity contribution in [1.82, 2.24) is 0 Å². The number of halogens is 1. The van der Waals surface area contributed by atoms with Gasteiger partial charge < -0.3 is 15.4 Å². The van der Waals surface area contributed by atoms with E-state index in [-0.39, 0.29) is 11.3 Å². The number of ether oxygens (including phenoxy) is 1. The van der Waals surface area contributed by atoms with E-state index in [0.29, 0.717) is 11.4 Å². The fraction of sp³-hybridized carbons (Fsp3) is 0.133. The zero-order valence-electron chi connectivity index (χ0n) is 11.3. The third-order valence-electron chi connectivity index (χ3n) is 2.97. The van der Waals surface area contributed by atoms with Gasteiger partial charge in [0.25, 0.3) is 5.91 Å². The van der Waals surface area contributed by atoms with Crippen LogP contribution in [-0.2, 0) is 0 Å². The second kappa shape index (κ2) is 5.61. The number of carbonyl (C=O) groups is 1. The lowest BCUT2D eigenvalue weighted by Crippen LogP contribution is -2.27. The van der Waals surface area contributed by atoms with Crippen molar-refractivity contribution in [2.45, 2.75) is 0 Å². The highest BCUT2D eigenvalue weighted by atomic mass is 19.1. The molecule has 5 heteroatoms. The van der Waals surface area contributed by atoms with Crippen LogP contribution in [0.2, 0.25) is 0 Å². The summed E-state index contributed by atoms with van der Waals surface area (Å²) in [5.41, 5.74) is 6.34. The minimum absolute atomic E-state index is 0.0236. The first-order chi connectivity index (χ1) is 9.52. The molecule has 0 aliphatic carbocycles. The molecule has 20 heavy (non-hydrogen) atoms. The normalized spacial score (nSPS) is 10.2. The molecule has 2 aromatic carbocycles. The summed E-state index contributed by atoms with van der Waals surface area (Å²) in [6.07, 6.45) is 0. The Kier molecular flexibility index (Phi) is 3.89. The highest BCUT2D eigenvalue weighted by Crippen LogP contribution is 2.22. The molecule has 0 radical (unpaired) electrons. The van der Waals surface area contributed by atoms with Gasteiger partial charge in [0, 0.05) is 24.5 Å². The maximum Gasteiger partial charge on any atom is 0.260 e. The molecule has 1 amide bonds. The lowest BCUT2D eigenvalue weighted by atomic mass is 10.1. The minimum atomic E-state index is -0.634. The third kappa shape index (κ3) is 2.71. The summed E-state index contributed by atoms with van der Waals surface area (Å²) in [7, 11) is 3.12. The van der Waals surface area contributed by atoms with Crippen molar-refractivity contribution in [3.8, 4) is 5.75 Å². The lowest BCUT2D eigenvalue weighted by Gasteiger charge is -2.18. The number of nitrogen functional groups attached to an aromatic ring is 1. The standard InChI is InChI=1S/C15H15FN2O2/c1-18(11-4-3-5-12(9-11)20-2)15(19)13-7-6-10(17)8-14(13)16/h3-9H,17H2,1-2H3. The van der Waals surface area contributed by atoms with Crippen molar-refractivity contribution in [1.29, 1.82) is 0 Å². The van der Waals surface area contributed by atoms with Gasteiger partial charge in [-0.15, -0.1) is 0 Å². The number of hydrogen-bond donors (Lipinski definition) is 1. The molecule has 0 atom stereocenters. The summed E-state index contributed by atoms with van der Waals surface area (Å²) < 4.78 is 18.9. The molecule has 0 saturated carbocycles. The van der Waals surface area contributed by atoms with Gasteiger partial charge in [-0.1, -0.05) is 6.07 Å². The molecule has 104 valence electrons. The van der Waals surface area contributed by atoms with Crippen LogP contribution in [0.15, 0.2) is 42.5 Å². The summed E-state index contributed by atoms with van der Waals surface area (Å²) in [4.78, 5) is 13.6. The van der Waals surface area contributed by atoms with Gasteiger partial charge in [0.15, 0.2) is 0 Å². The van der Waals surface area contributed by atoms with E-state index in [0.717, 1.165) is 6.07 Å². The van der Waals surface area contributed by atoms with E-state index in [2.05, 4.69) is 0 Å². The van der Waals surface area contributed by atoms with Crippen LogP contribution in [0.5, 0.6) is 5.75 Å². The number of nitrogens with zero attached hydrogens (tertiary/aromatic N) is 1. The summed E-state index contributed by atoms with van der Waals surface area (Å²) in [6.45, 7) is 0. The molecular formula is C15H15FN2O2. The maximum absolute atomic E-state index is 13.8. The highest BCUT2D eigenvalue weighted by molar-refractivity contribution is 6.06. The SMILES string of the molecule is COc1cccc(N(C)C(=O)c2ccc(N)cc2F)c1. The average Bonchev–Trinajstić information content (AvgIpc) is 2.46. The van der Waals surface area contributed by atoms with E-state index in [1.807, 2.05) is 0 Å². The molecular weight excluding hydrogens is 259 g/mol. The molecule has 2 aromatic rings. The van der Waals surface area contributed by atoms with Gasteiger partial charge in [0.1, 0.15) is 11.6 Å². The average molecular weight is 274 g/mol. The number of amides is 1. The Morgan fingerprint density at radius 1 is 1.25 bits per heavy atom. The molecule has 0 aromatic heterocycles. The number of anilines is 2. The lowest BCUT2D eigenvalue weighted by molar-refractivity contribution is 0.0989. The van der Waals surface area contributed by atoms with Gasteiger partial charge in [-0.05, 0) is 30.3 Å². The highest BCUT2D eigenvalue weighted by Gasteiger charge is 2.17. The van der Waals surface area contributed by atoms with Crippen molar-refractivity contribution in [2.75, 3.05) is 24.8 Å². The van der Waals surface area contributed by atoms with Crippen molar-refractivity contribution >= 4 is 17.3 Å². The van der Waals surface area contributed by atoms with Gasteiger partial charge >= 0.3 is 0 Å². The molecule has 0 spiro atoms. The largest absolute Gasteiger partial charge is 0.497 e. The Bertz CT molecular complexity index is 644. The van der Waals surface area contributed by atoms with Crippen LogP contribution < -0.4 is 15.4 Å². The predicted molar refractivity (Wildman–Crippen MR) is 76.5 cm³/mol. The molecule has 0 heterocycles. The number of carbonyl (C=O) groups excluding carboxylic acids is 1. The maximum atomic E-state index is 13.8. The van der Waals surface area contributed by atoms with Crippen LogP contribution in [0.25, 0.3) is 0 Å². The zero-order valence-corrected chi connectivity index (χ0v) is 11.3. The predicted octanol–water partition coefficient (Wildman–Crippen LogP) is 2.69. The fourth-order valence-electron chi connectivity index (χ4n) is 1.82. The summed E-state index contributed by atoms with van der Waals surface area (Å²) in [5.74, 6) is -0.458. The molecule has 0 bridgehead atoms. The first kappa shape index (κ1) is 13.9. The Morgan fingerprint density at radius 3 is 2.65 bits per heavy atom.